The van der Waals surface area contributed by atoms with Gasteiger partial charge in [-0.1, -0.05) is 85.8 Å². The number of halogens is 1. The van der Waals surface area contributed by atoms with Crippen molar-refractivity contribution in [3.63, 3.8) is 0 Å². The van der Waals surface area contributed by atoms with Crippen LogP contribution in [0.5, 0.6) is 0 Å². The number of carbonyl (C=O) groups excluding carboxylic acids is 1. The molecule has 1 fully saturated rings. The molecule has 1 aliphatic carbocycles. The number of nitrogens with one attached hydrogen (secondary N) is 1. The maximum absolute atomic E-state index is 13.0. The first-order valence-corrected chi connectivity index (χ1v) is 9.44. The molecule has 1 amide bonds. The molecule has 0 unspecified atom stereocenters. The van der Waals surface area contributed by atoms with Crippen LogP contribution in [0.15, 0.2) is 54.6 Å². The standard InChI is InChI=1S/C22H24ClNO/c23-21-15-9-8-12-18(21)16-20(17-10-4-3-5-11-17)22(25)24-19-13-6-1-2-7-14-19/h3-5,8-12,15-16,19H,1-2,6-7,13-14H2,(H,24,25)/b20-16+. The zero-order chi connectivity index (χ0) is 17.5. The van der Waals surface area contributed by atoms with E-state index in [0.29, 0.717) is 10.6 Å². The molecule has 3 rings (SSSR count). The molecule has 0 saturated heterocycles. The third kappa shape index (κ3) is 4.96. The summed E-state index contributed by atoms with van der Waals surface area (Å²) >= 11 is 6.30. The zero-order valence-electron chi connectivity index (χ0n) is 14.4. The summed E-state index contributed by atoms with van der Waals surface area (Å²) in [6.45, 7) is 0. The van der Waals surface area contributed by atoms with Crippen molar-refractivity contribution in [2.45, 2.75) is 44.6 Å². The molecule has 25 heavy (non-hydrogen) atoms. The highest BCUT2D eigenvalue weighted by atomic mass is 35.5. The van der Waals surface area contributed by atoms with Gasteiger partial charge in [-0.3, -0.25) is 4.79 Å². The zero-order valence-corrected chi connectivity index (χ0v) is 15.1. The summed E-state index contributed by atoms with van der Waals surface area (Å²) in [4.78, 5) is 13.0. The highest BCUT2D eigenvalue weighted by molar-refractivity contribution is 6.33. The van der Waals surface area contributed by atoms with Gasteiger partial charge in [-0.15, -0.1) is 0 Å². The summed E-state index contributed by atoms with van der Waals surface area (Å²) in [6, 6.07) is 17.7. The average Bonchev–Trinajstić information content (AvgIpc) is 2.90. The molecule has 2 aromatic rings. The van der Waals surface area contributed by atoms with Crippen LogP contribution in [0.1, 0.15) is 49.7 Å². The minimum Gasteiger partial charge on any atom is -0.349 e. The van der Waals surface area contributed by atoms with Crippen LogP contribution in [0.2, 0.25) is 5.02 Å². The average molecular weight is 354 g/mol. The Bertz CT molecular complexity index is 731. The second-order valence-corrected chi connectivity index (χ2v) is 7.01. The van der Waals surface area contributed by atoms with Crippen LogP contribution in [0.4, 0.5) is 0 Å². The third-order valence-corrected chi connectivity index (χ3v) is 5.07. The lowest BCUT2D eigenvalue weighted by atomic mass is 10.0. The fourth-order valence-electron chi connectivity index (χ4n) is 3.33. The molecular weight excluding hydrogens is 330 g/mol. The number of benzene rings is 2. The molecule has 3 heteroatoms. The summed E-state index contributed by atoms with van der Waals surface area (Å²) < 4.78 is 0. The van der Waals surface area contributed by atoms with Crippen LogP contribution in [-0.4, -0.2) is 11.9 Å². The Labute approximate surface area is 154 Å². The predicted octanol–water partition coefficient (Wildman–Crippen LogP) is 5.72. The molecule has 1 saturated carbocycles. The van der Waals surface area contributed by atoms with Crippen molar-refractivity contribution < 1.29 is 4.79 Å². The number of carbonyl (C=O) groups is 1. The second-order valence-electron chi connectivity index (χ2n) is 6.61. The van der Waals surface area contributed by atoms with Crippen molar-refractivity contribution in [3.05, 3.63) is 70.7 Å². The van der Waals surface area contributed by atoms with Crippen LogP contribution in [-0.2, 0) is 4.79 Å². The van der Waals surface area contributed by atoms with E-state index in [0.717, 1.165) is 24.0 Å². The van der Waals surface area contributed by atoms with Crippen molar-refractivity contribution in [1.82, 2.24) is 5.32 Å². The first-order chi connectivity index (χ1) is 12.2. The molecule has 0 aromatic heterocycles. The van der Waals surface area contributed by atoms with Crippen LogP contribution in [0, 0.1) is 0 Å². The van der Waals surface area contributed by atoms with E-state index in [9.17, 15) is 4.79 Å². The molecule has 0 heterocycles. The minimum absolute atomic E-state index is 0.0157. The van der Waals surface area contributed by atoms with E-state index in [-0.39, 0.29) is 11.9 Å². The smallest absolute Gasteiger partial charge is 0.252 e. The molecule has 1 N–H and O–H groups in total. The highest BCUT2D eigenvalue weighted by Gasteiger charge is 2.18. The monoisotopic (exact) mass is 353 g/mol. The molecule has 0 atom stereocenters. The van der Waals surface area contributed by atoms with Gasteiger partial charge in [0.1, 0.15) is 0 Å². The van der Waals surface area contributed by atoms with Gasteiger partial charge in [0, 0.05) is 16.6 Å². The summed E-state index contributed by atoms with van der Waals surface area (Å²) in [7, 11) is 0. The van der Waals surface area contributed by atoms with Gasteiger partial charge in [-0.05, 0) is 36.1 Å². The van der Waals surface area contributed by atoms with Gasteiger partial charge in [-0.25, -0.2) is 0 Å². The first kappa shape index (κ1) is 17.8. The van der Waals surface area contributed by atoms with Gasteiger partial charge in [-0.2, -0.15) is 0 Å². The summed E-state index contributed by atoms with van der Waals surface area (Å²) in [5, 5.41) is 3.90. The topological polar surface area (TPSA) is 29.1 Å². The van der Waals surface area contributed by atoms with Crippen molar-refractivity contribution >= 4 is 29.2 Å². The van der Waals surface area contributed by atoms with E-state index < -0.39 is 0 Å². The van der Waals surface area contributed by atoms with E-state index in [2.05, 4.69) is 5.32 Å². The van der Waals surface area contributed by atoms with E-state index in [1.165, 1.54) is 25.7 Å². The molecule has 130 valence electrons. The summed E-state index contributed by atoms with van der Waals surface area (Å²) in [6.07, 6.45) is 8.96. The van der Waals surface area contributed by atoms with Crippen molar-refractivity contribution in [3.8, 4) is 0 Å². The third-order valence-electron chi connectivity index (χ3n) is 4.72. The van der Waals surface area contributed by atoms with E-state index in [4.69, 9.17) is 11.6 Å². The van der Waals surface area contributed by atoms with Crippen LogP contribution in [0.25, 0.3) is 11.6 Å². The highest BCUT2D eigenvalue weighted by Crippen LogP contribution is 2.24. The second kappa shape index (κ2) is 8.87. The fourth-order valence-corrected chi connectivity index (χ4v) is 3.52. The lowest BCUT2D eigenvalue weighted by Gasteiger charge is -2.18. The molecular formula is C22H24ClNO. The van der Waals surface area contributed by atoms with E-state index in [1.54, 1.807) is 0 Å². The SMILES string of the molecule is O=C(NC1CCCCCC1)/C(=C/c1ccccc1Cl)c1ccccc1. The number of rotatable bonds is 4. The van der Waals surface area contributed by atoms with Crippen LogP contribution >= 0.6 is 11.6 Å². The van der Waals surface area contributed by atoms with Crippen molar-refractivity contribution in [2.24, 2.45) is 0 Å². The molecule has 2 aromatic carbocycles. The lowest BCUT2D eigenvalue weighted by molar-refractivity contribution is -0.116. The number of hydrogen-bond donors (Lipinski definition) is 1. The molecule has 0 radical (unpaired) electrons. The molecule has 0 spiro atoms. The Morgan fingerprint density at radius 3 is 2.24 bits per heavy atom. The quantitative estimate of drug-likeness (QED) is 0.425. The maximum atomic E-state index is 13.0. The van der Waals surface area contributed by atoms with Crippen molar-refractivity contribution in [1.29, 1.82) is 0 Å². The van der Waals surface area contributed by atoms with E-state index in [1.807, 2.05) is 60.7 Å². The minimum atomic E-state index is -0.0157. The lowest BCUT2D eigenvalue weighted by Crippen LogP contribution is -2.34. The van der Waals surface area contributed by atoms with Crippen LogP contribution < -0.4 is 5.32 Å². The molecule has 1 aliphatic rings. The van der Waals surface area contributed by atoms with Gasteiger partial charge < -0.3 is 5.32 Å². The Morgan fingerprint density at radius 1 is 0.920 bits per heavy atom. The largest absolute Gasteiger partial charge is 0.349 e. The fraction of sp³-hybridized carbons (Fsp3) is 0.318. The van der Waals surface area contributed by atoms with Gasteiger partial charge in [0.05, 0.1) is 0 Å². The number of amides is 1. The Hall–Kier alpha value is -2.06. The van der Waals surface area contributed by atoms with E-state index >= 15 is 0 Å². The Balaban J connectivity index is 1.88. The maximum Gasteiger partial charge on any atom is 0.252 e. The molecule has 2 nitrogen and oxygen atoms in total. The van der Waals surface area contributed by atoms with Gasteiger partial charge in [0.15, 0.2) is 0 Å². The van der Waals surface area contributed by atoms with Gasteiger partial charge in [0.2, 0.25) is 0 Å². The van der Waals surface area contributed by atoms with Gasteiger partial charge >= 0.3 is 0 Å². The molecule has 0 bridgehead atoms. The van der Waals surface area contributed by atoms with Crippen LogP contribution in [0.3, 0.4) is 0 Å². The predicted molar refractivity (Wildman–Crippen MR) is 105 cm³/mol. The normalized spacial score (nSPS) is 16.3. The Kier molecular flexibility index (Phi) is 6.30. The summed E-state index contributed by atoms with van der Waals surface area (Å²) in [5.74, 6) is -0.0157. The van der Waals surface area contributed by atoms with Gasteiger partial charge in [0.25, 0.3) is 5.91 Å². The molecule has 0 aliphatic heterocycles. The first-order valence-electron chi connectivity index (χ1n) is 9.06. The Morgan fingerprint density at radius 2 is 1.56 bits per heavy atom. The van der Waals surface area contributed by atoms with Crippen molar-refractivity contribution in [2.75, 3.05) is 0 Å². The number of hydrogen-bond acceptors (Lipinski definition) is 1. The summed E-state index contributed by atoms with van der Waals surface area (Å²) in [5.41, 5.74) is 2.44.